The highest BCUT2D eigenvalue weighted by Gasteiger charge is 2.59. The molecule has 3 aliphatic carbocycles. The Morgan fingerprint density at radius 3 is 2.57 bits per heavy atom. The molecular weight excluding hydrogens is 168 g/mol. The summed E-state index contributed by atoms with van der Waals surface area (Å²) in [6.45, 7) is 7.67. The fourth-order valence-electron chi connectivity index (χ4n) is 5.43. The summed E-state index contributed by atoms with van der Waals surface area (Å²) in [5, 5.41) is 0. The molecule has 0 saturated heterocycles. The molecule has 0 aliphatic heterocycles. The van der Waals surface area contributed by atoms with Gasteiger partial charge < -0.3 is 0 Å². The van der Waals surface area contributed by atoms with Gasteiger partial charge in [0, 0.05) is 0 Å². The van der Waals surface area contributed by atoms with Gasteiger partial charge in [0.2, 0.25) is 0 Å². The minimum absolute atomic E-state index is 0.653. The summed E-state index contributed by atoms with van der Waals surface area (Å²) in [6, 6.07) is 0. The van der Waals surface area contributed by atoms with Crippen LogP contribution >= 0.6 is 0 Å². The molecule has 0 radical (unpaired) electrons. The summed E-state index contributed by atoms with van der Waals surface area (Å²) in [6.07, 6.45) is 9.16. The Morgan fingerprint density at radius 1 is 1.00 bits per heavy atom. The van der Waals surface area contributed by atoms with Gasteiger partial charge in [-0.25, -0.2) is 0 Å². The van der Waals surface area contributed by atoms with Crippen LogP contribution in [-0.4, -0.2) is 0 Å². The molecule has 0 nitrogen and oxygen atoms in total. The van der Waals surface area contributed by atoms with Crippen LogP contribution in [0, 0.1) is 28.6 Å². The lowest BCUT2D eigenvalue weighted by Crippen LogP contribution is -2.28. The molecule has 3 rings (SSSR count). The van der Waals surface area contributed by atoms with Gasteiger partial charge in [-0.15, -0.1) is 0 Å². The molecule has 0 aromatic rings. The monoisotopic (exact) mass is 192 g/mol. The SMILES string of the molecule is CC1(C)CCCC2(C)CC3CCC2C31. The predicted octanol–water partition coefficient (Wildman–Crippen LogP) is 4.25. The quantitative estimate of drug-likeness (QED) is 0.538. The number of rotatable bonds is 0. The van der Waals surface area contributed by atoms with E-state index in [9.17, 15) is 0 Å². The van der Waals surface area contributed by atoms with E-state index < -0.39 is 0 Å². The van der Waals surface area contributed by atoms with Crippen molar-refractivity contribution < 1.29 is 0 Å². The molecule has 0 aromatic carbocycles. The van der Waals surface area contributed by atoms with E-state index in [-0.39, 0.29) is 0 Å². The first-order chi connectivity index (χ1) is 6.53. The van der Waals surface area contributed by atoms with Gasteiger partial charge in [0.15, 0.2) is 0 Å². The molecule has 0 heterocycles. The van der Waals surface area contributed by atoms with Crippen molar-refractivity contribution in [1.82, 2.24) is 0 Å². The van der Waals surface area contributed by atoms with Gasteiger partial charge in [0.05, 0.1) is 0 Å². The third-order valence-corrected chi connectivity index (χ3v) is 5.88. The van der Waals surface area contributed by atoms with Crippen molar-refractivity contribution >= 4 is 0 Å². The van der Waals surface area contributed by atoms with Crippen LogP contribution in [0.5, 0.6) is 0 Å². The van der Waals surface area contributed by atoms with Crippen LogP contribution in [0.3, 0.4) is 0 Å². The van der Waals surface area contributed by atoms with Crippen molar-refractivity contribution in [2.75, 3.05) is 0 Å². The van der Waals surface area contributed by atoms with E-state index in [2.05, 4.69) is 20.8 Å². The average Bonchev–Trinajstić information content (AvgIpc) is 2.54. The molecule has 0 spiro atoms. The molecule has 4 unspecified atom stereocenters. The molecule has 4 bridgehead atoms. The van der Waals surface area contributed by atoms with Crippen LogP contribution in [0.1, 0.15) is 59.3 Å². The second kappa shape index (κ2) is 2.57. The van der Waals surface area contributed by atoms with Crippen molar-refractivity contribution in [1.29, 1.82) is 0 Å². The van der Waals surface area contributed by atoms with E-state index in [1.165, 1.54) is 19.3 Å². The summed E-state index contributed by atoms with van der Waals surface area (Å²) in [4.78, 5) is 0. The Balaban J connectivity index is 2.02. The van der Waals surface area contributed by atoms with Gasteiger partial charge in [0.1, 0.15) is 0 Å². The standard InChI is InChI=1S/C14H24/c1-13(2)7-4-8-14(3)9-10-5-6-11(14)12(10)13/h10-12H,4-9H2,1-3H3. The number of hydrogen-bond acceptors (Lipinski definition) is 0. The molecule has 14 heavy (non-hydrogen) atoms. The highest BCUT2D eigenvalue weighted by Crippen LogP contribution is 2.68. The van der Waals surface area contributed by atoms with Crippen molar-refractivity contribution in [3.8, 4) is 0 Å². The van der Waals surface area contributed by atoms with E-state index in [0.29, 0.717) is 5.41 Å². The van der Waals surface area contributed by atoms with E-state index in [1.807, 2.05) is 0 Å². The highest BCUT2D eigenvalue weighted by atomic mass is 14.6. The Labute approximate surface area is 88.5 Å². The van der Waals surface area contributed by atoms with Crippen molar-refractivity contribution in [2.24, 2.45) is 28.6 Å². The molecule has 0 heteroatoms. The van der Waals surface area contributed by atoms with Crippen molar-refractivity contribution in [3.63, 3.8) is 0 Å². The maximum Gasteiger partial charge on any atom is -0.0292 e. The van der Waals surface area contributed by atoms with Crippen molar-refractivity contribution in [2.45, 2.75) is 59.3 Å². The number of hydrogen-bond donors (Lipinski definition) is 0. The van der Waals surface area contributed by atoms with Gasteiger partial charge in [-0.3, -0.25) is 0 Å². The maximum absolute atomic E-state index is 2.59. The first-order valence-electron chi connectivity index (χ1n) is 6.53. The second-order valence-electron chi connectivity index (χ2n) is 7.17. The Morgan fingerprint density at radius 2 is 1.79 bits per heavy atom. The lowest BCUT2D eigenvalue weighted by atomic mass is 9.70. The van der Waals surface area contributed by atoms with Crippen LogP contribution in [-0.2, 0) is 0 Å². The zero-order valence-corrected chi connectivity index (χ0v) is 9.97. The Hall–Kier alpha value is 0. The van der Waals surface area contributed by atoms with E-state index in [1.54, 1.807) is 19.3 Å². The van der Waals surface area contributed by atoms with E-state index in [4.69, 9.17) is 0 Å². The van der Waals surface area contributed by atoms with E-state index >= 15 is 0 Å². The zero-order valence-electron chi connectivity index (χ0n) is 9.97. The summed E-state index contributed by atoms with van der Waals surface area (Å²) in [7, 11) is 0. The third-order valence-electron chi connectivity index (χ3n) is 5.88. The minimum atomic E-state index is 0.653. The van der Waals surface area contributed by atoms with Crippen molar-refractivity contribution in [3.05, 3.63) is 0 Å². The largest absolute Gasteiger partial charge is 0.0596 e. The second-order valence-corrected chi connectivity index (χ2v) is 7.17. The lowest BCUT2D eigenvalue weighted by molar-refractivity contribution is 0.141. The first kappa shape index (κ1) is 9.24. The fourth-order valence-corrected chi connectivity index (χ4v) is 5.43. The summed E-state index contributed by atoms with van der Waals surface area (Å²) in [5.74, 6) is 3.26. The molecule has 3 aliphatic rings. The molecule has 4 atom stereocenters. The maximum atomic E-state index is 2.59. The van der Waals surface area contributed by atoms with Gasteiger partial charge in [0.25, 0.3) is 0 Å². The van der Waals surface area contributed by atoms with Crippen LogP contribution < -0.4 is 0 Å². The molecule has 0 amide bonds. The molecule has 80 valence electrons. The van der Waals surface area contributed by atoms with Crippen LogP contribution in [0.15, 0.2) is 0 Å². The lowest BCUT2D eigenvalue weighted by Gasteiger charge is -2.34. The minimum Gasteiger partial charge on any atom is -0.0596 e. The average molecular weight is 192 g/mol. The topological polar surface area (TPSA) is 0 Å². The summed E-state index contributed by atoms with van der Waals surface area (Å²) < 4.78 is 0. The van der Waals surface area contributed by atoms with Crippen LogP contribution in [0.4, 0.5) is 0 Å². The first-order valence-corrected chi connectivity index (χ1v) is 6.53. The predicted molar refractivity (Wildman–Crippen MR) is 60.1 cm³/mol. The molecule has 3 saturated carbocycles. The highest BCUT2D eigenvalue weighted by molar-refractivity contribution is 5.08. The molecular formula is C14H24. The molecule has 0 N–H and O–H groups in total. The van der Waals surface area contributed by atoms with Crippen LogP contribution in [0.25, 0.3) is 0 Å². The van der Waals surface area contributed by atoms with Gasteiger partial charge in [-0.05, 0) is 60.7 Å². The Bertz CT molecular complexity index is 253. The normalized spacial score (nSPS) is 54.6. The molecule has 0 aromatic heterocycles. The van der Waals surface area contributed by atoms with E-state index in [0.717, 1.165) is 23.2 Å². The van der Waals surface area contributed by atoms with Gasteiger partial charge in [-0.1, -0.05) is 27.2 Å². The zero-order chi connectivity index (χ0) is 9.97. The Kier molecular flexibility index (Phi) is 1.70. The fraction of sp³-hybridized carbons (Fsp3) is 1.00. The summed E-state index contributed by atoms with van der Waals surface area (Å²) in [5.41, 5.74) is 1.40. The smallest absolute Gasteiger partial charge is 0.0292 e. The van der Waals surface area contributed by atoms with Crippen LogP contribution in [0.2, 0.25) is 0 Å². The molecule has 3 fully saturated rings. The third kappa shape index (κ3) is 1.01. The van der Waals surface area contributed by atoms with Gasteiger partial charge >= 0.3 is 0 Å². The summed E-state index contributed by atoms with van der Waals surface area (Å²) >= 11 is 0. The van der Waals surface area contributed by atoms with Gasteiger partial charge in [-0.2, -0.15) is 0 Å².